The molecule has 0 radical (unpaired) electrons. The maximum Gasteiger partial charge on any atom is 0.308 e. The third kappa shape index (κ3) is 3.64. The third-order valence-electron chi connectivity index (χ3n) is 2.21. The van der Waals surface area contributed by atoms with Gasteiger partial charge in [0.25, 0.3) is 0 Å². The van der Waals surface area contributed by atoms with Crippen LogP contribution in [0.15, 0.2) is 41.1 Å². The molecule has 0 saturated carbocycles. The van der Waals surface area contributed by atoms with Crippen LogP contribution >= 0.6 is 0 Å². The normalized spacial score (nSPS) is 11.6. The summed E-state index contributed by atoms with van der Waals surface area (Å²) in [5, 5.41) is 3.64. The Labute approximate surface area is 106 Å². The first-order chi connectivity index (χ1) is 8.56. The average Bonchev–Trinajstić information content (AvgIpc) is 2.34. The van der Waals surface area contributed by atoms with E-state index in [2.05, 4.69) is 10.0 Å². The first-order valence-electron chi connectivity index (χ1n) is 5.59. The number of hydrogen-bond acceptors (Lipinski definition) is 3. The fourth-order valence-electron chi connectivity index (χ4n) is 1.46. The van der Waals surface area contributed by atoms with Crippen molar-refractivity contribution >= 4 is 11.7 Å². The van der Waals surface area contributed by atoms with E-state index >= 15 is 0 Å². The summed E-state index contributed by atoms with van der Waals surface area (Å²) in [5.41, 5.74) is 9.73. The van der Waals surface area contributed by atoms with Gasteiger partial charge in [-0.2, -0.15) is 0 Å². The molecule has 18 heavy (non-hydrogen) atoms. The van der Waals surface area contributed by atoms with Crippen molar-refractivity contribution in [3.8, 4) is 0 Å². The highest BCUT2D eigenvalue weighted by Gasteiger charge is 2.14. The summed E-state index contributed by atoms with van der Waals surface area (Å²) in [6, 6.07) is 9.11. The van der Waals surface area contributed by atoms with Crippen LogP contribution in [0.25, 0.3) is 16.2 Å². The number of esters is 1. The van der Waals surface area contributed by atoms with Gasteiger partial charge in [-0.05, 0) is 11.4 Å². The lowest BCUT2D eigenvalue weighted by Gasteiger charge is -2.13. The molecule has 5 heteroatoms. The van der Waals surface area contributed by atoms with Crippen molar-refractivity contribution in [1.29, 1.82) is 0 Å². The number of rotatable bonds is 4. The van der Waals surface area contributed by atoms with Gasteiger partial charge in [0.05, 0.1) is 5.70 Å². The van der Waals surface area contributed by atoms with Gasteiger partial charge in [-0.3, -0.25) is 4.79 Å². The molecular formula is C13H15N3O2. The van der Waals surface area contributed by atoms with Crippen LogP contribution in [0.1, 0.15) is 26.3 Å². The Balaban J connectivity index is 3.39. The van der Waals surface area contributed by atoms with E-state index in [9.17, 15) is 4.79 Å². The minimum Gasteiger partial charge on any atom is -0.426 e. The van der Waals surface area contributed by atoms with Gasteiger partial charge in [-0.1, -0.05) is 49.3 Å². The lowest BCUT2D eigenvalue weighted by Crippen LogP contribution is -2.04. The lowest BCUT2D eigenvalue weighted by atomic mass is 10.1. The smallest absolute Gasteiger partial charge is 0.308 e. The van der Waals surface area contributed by atoms with Gasteiger partial charge in [0.1, 0.15) is 5.76 Å². The summed E-state index contributed by atoms with van der Waals surface area (Å²) in [6.07, 6.45) is 0. The first kappa shape index (κ1) is 13.8. The van der Waals surface area contributed by atoms with Crippen molar-refractivity contribution in [2.45, 2.75) is 20.8 Å². The number of allylic oxidation sites excluding steroid dienone is 1. The largest absolute Gasteiger partial charge is 0.426 e. The van der Waals surface area contributed by atoms with E-state index in [1.165, 1.54) is 6.92 Å². The highest BCUT2D eigenvalue weighted by molar-refractivity contribution is 5.77. The van der Waals surface area contributed by atoms with Crippen molar-refractivity contribution in [2.75, 3.05) is 0 Å². The highest BCUT2D eigenvalue weighted by atomic mass is 16.5. The van der Waals surface area contributed by atoms with E-state index in [1.54, 1.807) is 12.1 Å². The number of benzene rings is 1. The molecule has 0 bridgehead atoms. The summed E-state index contributed by atoms with van der Waals surface area (Å²) >= 11 is 0. The summed E-state index contributed by atoms with van der Waals surface area (Å²) < 4.78 is 5.19. The number of ether oxygens (including phenoxy) is 1. The molecule has 0 aromatic heterocycles. The molecule has 1 aromatic rings. The van der Waals surface area contributed by atoms with Gasteiger partial charge in [-0.15, -0.1) is 0 Å². The molecule has 0 aliphatic heterocycles. The Hall–Kier alpha value is -2.26. The molecule has 94 valence electrons. The van der Waals surface area contributed by atoms with Gasteiger partial charge < -0.3 is 4.74 Å². The summed E-state index contributed by atoms with van der Waals surface area (Å²) in [4.78, 5) is 14.0. The van der Waals surface area contributed by atoms with Crippen LogP contribution in [-0.2, 0) is 9.53 Å². The van der Waals surface area contributed by atoms with Crippen LogP contribution in [0.2, 0.25) is 0 Å². The van der Waals surface area contributed by atoms with Crippen LogP contribution in [-0.4, -0.2) is 5.97 Å². The maximum absolute atomic E-state index is 11.2. The molecule has 5 nitrogen and oxygen atoms in total. The fourth-order valence-corrected chi connectivity index (χ4v) is 1.46. The van der Waals surface area contributed by atoms with Crippen LogP contribution < -0.4 is 0 Å². The molecule has 0 fully saturated rings. The molecule has 0 aliphatic carbocycles. The molecular weight excluding hydrogens is 230 g/mol. The zero-order chi connectivity index (χ0) is 13.5. The molecule has 1 rings (SSSR count). The van der Waals surface area contributed by atoms with E-state index in [0.717, 1.165) is 0 Å². The maximum atomic E-state index is 11.2. The number of carbonyl (C=O) groups is 1. The second-order valence-electron chi connectivity index (χ2n) is 4.02. The summed E-state index contributed by atoms with van der Waals surface area (Å²) in [6.45, 7) is 5.06. The monoisotopic (exact) mass is 245 g/mol. The standard InChI is InChI=1S/C13H15N3O2/c1-9(2)12(15-16-14)13(18-10(3)17)11-7-5-4-6-8-11/h4-9H,1-3H3/b13-12-. The molecule has 0 saturated heterocycles. The van der Waals surface area contributed by atoms with Crippen molar-refractivity contribution < 1.29 is 9.53 Å². The molecule has 0 spiro atoms. The summed E-state index contributed by atoms with van der Waals surface area (Å²) in [7, 11) is 0. The highest BCUT2D eigenvalue weighted by Crippen LogP contribution is 2.26. The Morgan fingerprint density at radius 3 is 2.39 bits per heavy atom. The Kier molecular flexibility index (Phi) is 4.96. The Bertz CT molecular complexity index is 500. The molecule has 0 amide bonds. The first-order valence-corrected chi connectivity index (χ1v) is 5.59. The number of hydrogen-bond donors (Lipinski definition) is 0. The second kappa shape index (κ2) is 6.47. The van der Waals surface area contributed by atoms with Crippen LogP contribution in [0.4, 0.5) is 0 Å². The van der Waals surface area contributed by atoms with Gasteiger partial charge >= 0.3 is 5.97 Å². The van der Waals surface area contributed by atoms with E-state index in [0.29, 0.717) is 17.0 Å². The van der Waals surface area contributed by atoms with Gasteiger partial charge in [0.15, 0.2) is 0 Å². The van der Waals surface area contributed by atoms with Crippen molar-refractivity contribution in [3.63, 3.8) is 0 Å². The molecule has 0 N–H and O–H groups in total. The minimum atomic E-state index is -0.444. The van der Waals surface area contributed by atoms with E-state index < -0.39 is 5.97 Å². The topological polar surface area (TPSA) is 75.1 Å². The number of carbonyl (C=O) groups excluding carboxylic acids is 1. The number of nitrogens with zero attached hydrogens (tertiary/aromatic N) is 3. The Morgan fingerprint density at radius 2 is 1.94 bits per heavy atom. The summed E-state index contributed by atoms with van der Waals surface area (Å²) in [5.74, 6) is -0.175. The quantitative estimate of drug-likeness (QED) is 0.265. The van der Waals surface area contributed by atoms with Crippen LogP contribution in [0.5, 0.6) is 0 Å². The molecule has 1 aromatic carbocycles. The average molecular weight is 245 g/mol. The molecule has 0 unspecified atom stereocenters. The predicted molar refractivity (Wildman–Crippen MR) is 69.1 cm³/mol. The van der Waals surface area contributed by atoms with Crippen LogP contribution in [0.3, 0.4) is 0 Å². The molecule has 0 heterocycles. The zero-order valence-electron chi connectivity index (χ0n) is 10.6. The predicted octanol–water partition coefficient (Wildman–Crippen LogP) is 3.88. The molecule has 0 aliphatic rings. The zero-order valence-corrected chi connectivity index (χ0v) is 10.6. The van der Waals surface area contributed by atoms with E-state index in [4.69, 9.17) is 10.3 Å². The SMILES string of the molecule is CC(=O)O/C(=C(\N=[N+]=[N-])C(C)C)c1ccccc1. The van der Waals surface area contributed by atoms with Crippen molar-refractivity contribution in [1.82, 2.24) is 0 Å². The van der Waals surface area contributed by atoms with Gasteiger partial charge in [0.2, 0.25) is 0 Å². The minimum absolute atomic E-state index is 0.0459. The Morgan fingerprint density at radius 1 is 1.33 bits per heavy atom. The number of azide groups is 1. The van der Waals surface area contributed by atoms with E-state index in [-0.39, 0.29) is 5.92 Å². The fraction of sp³-hybridized carbons (Fsp3) is 0.308. The van der Waals surface area contributed by atoms with Crippen LogP contribution in [0, 0.1) is 5.92 Å². The second-order valence-corrected chi connectivity index (χ2v) is 4.02. The third-order valence-corrected chi connectivity index (χ3v) is 2.21. The molecule has 0 atom stereocenters. The van der Waals surface area contributed by atoms with E-state index in [1.807, 2.05) is 32.0 Å². The lowest BCUT2D eigenvalue weighted by molar-refractivity contribution is -0.134. The van der Waals surface area contributed by atoms with Crippen molar-refractivity contribution in [2.24, 2.45) is 11.0 Å². The van der Waals surface area contributed by atoms with Gasteiger partial charge in [0, 0.05) is 17.4 Å². The van der Waals surface area contributed by atoms with Gasteiger partial charge in [-0.25, -0.2) is 0 Å². The van der Waals surface area contributed by atoms with Crippen molar-refractivity contribution in [3.05, 3.63) is 52.0 Å².